The van der Waals surface area contributed by atoms with Crippen molar-refractivity contribution in [2.75, 3.05) is 12.5 Å². The van der Waals surface area contributed by atoms with Gasteiger partial charge >= 0.3 is 0 Å². The maximum Gasteiger partial charge on any atom is 0.282 e. The molecule has 0 N–H and O–H groups in total. The molecule has 12 heteroatoms. The highest BCUT2D eigenvalue weighted by molar-refractivity contribution is 7.98. The molecule has 2 aromatic carbocycles. The van der Waals surface area contributed by atoms with Gasteiger partial charge in [-0.15, -0.1) is 0 Å². The van der Waals surface area contributed by atoms with Gasteiger partial charge in [-0.3, -0.25) is 18.7 Å². The van der Waals surface area contributed by atoms with Crippen LogP contribution in [0.25, 0.3) is 22.3 Å². The first kappa shape index (κ1) is 27.0. The second-order valence-electron chi connectivity index (χ2n) is 9.52. The van der Waals surface area contributed by atoms with Crippen molar-refractivity contribution >= 4 is 45.9 Å². The molecule has 4 aromatic heterocycles. The molecule has 4 heterocycles. The monoisotopic (exact) mass is 584 g/mol. The predicted molar refractivity (Wildman–Crippen MR) is 163 cm³/mol. The summed E-state index contributed by atoms with van der Waals surface area (Å²) in [6.07, 6.45) is 7.90. The van der Waals surface area contributed by atoms with Crippen LogP contribution in [0.3, 0.4) is 0 Å². The lowest BCUT2D eigenvalue weighted by molar-refractivity contribution is 0.569. The van der Waals surface area contributed by atoms with Crippen molar-refractivity contribution in [2.24, 2.45) is 0 Å². The summed E-state index contributed by atoms with van der Waals surface area (Å²) in [5.41, 5.74) is 3.63. The van der Waals surface area contributed by atoms with Crippen molar-refractivity contribution in [1.82, 2.24) is 38.2 Å². The van der Waals surface area contributed by atoms with E-state index < -0.39 is 0 Å². The fourth-order valence-corrected chi connectivity index (χ4v) is 5.97. The van der Waals surface area contributed by atoms with Gasteiger partial charge < -0.3 is 9.13 Å². The maximum absolute atomic E-state index is 13.3. The van der Waals surface area contributed by atoms with Gasteiger partial charge in [0.15, 0.2) is 32.6 Å². The van der Waals surface area contributed by atoms with Gasteiger partial charge in [0.05, 0.1) is 25.7 Å². The number of nitrogens with zero attached hydrogens (tertiary/aromatic N) is 8. The second kappa shape index (κ2) is 11.8. The zero-order valence-corrected chi connectivity index (χ0v) is 24.3. The number of benzene rings is 2. The van der Waals surface area contributed by atoms with Gasteiger partial charge in [0, 0.05) is 13.1 Å². The summed E-state index contributed by atoms with van der Waals surface area (Å²) in [7, 11) is 0. The van der Waals surface area contributed by atoms with Gasteiger partial charge in [0.1, 0.15) is 0 Å². The van der Waals surface area contributed by atoms with E-state index in [9.17, 15) is 9.59 Å². The topological polar surface area (TPSA) is 105 Å². The number of rotatable bonds is 10. The molecule has 0 bridgehead atoms. The first-order valence-electron chi connectivity index (χ1n) is 13.1. The molecule has 0 aliphatic carbocycles. The summed E-state index contributed by atoms with van der Waals surface area (Å²) < 4.78 is 7.18. The van der Waals surface area contributed by atoms with E-state index in [2.05, 4.69) is 9.97 Å². The highest BCUT2D eigenvalue weighted by atomic mass is 32.2. The summed E-state index contributed by atoms with van der Waals surface area (Å²) in [6, 6.07) is 19.7. The van der Waals surface area contributed by atoms with E-state index in [4.69, 9.17) is 9.97 Å². The summed E-state index contributed by atoms with van der Waals surface area (Å²) in [6.45, 7) is 2.08. The first-order chi connectivity index (χ1) is 20.1. The molecular weight excluding hydrogens is 557 g/mol. The standard InChI is InChI=1S/C29H28N8O2S2/c1-40-28-32-24-22(26(38)36(28)16-20-10-5-3-6-11-20)30-18-34(24)14-9-15-35-19-31-23-25(35)33-29(41-2)37(27(23)39)17-21-12-7-4-8-13-21/h3-8,10-13,18-19H,9,14-17H2,1-2H3. The molecular formula is C29H28N8O2S2. The number of hydrogen-bond acceptors (Lipinski definition) is 8. The van der Waals surface area contributed by atoms with Gasteiger partial charge in [0.25, 0.3) is 11.1 Å². The molecule has 6 rings (SSSR count). The van der Waals surface area contributed by atoms with Gasteiger partial charge in [-0.05, 0) is 30.1 Å². The minimum atomic E-state index is -0.150. The molecule has 10 nitrogen and oxygen atoms in total. The Balaban J connectivity index is 1.23. The van der Waals surface area contributed by atoms with E-state index in [0.29, 0.717) is 65.2 Å². The Morgan fingerprint density at radius 2 is 1.05 bits per heavy atom. The number of hydrogen-bond donors (Lipinski definition) is 0. The fraction of sp³-hybridized carbons (Fsp3) is 0.241. The average molecular weight is 585 g/mol. The largest absolute Gasteiger partial charge is 0.315 e. The lowest BCUT2D eigenvalue weighted by Gasteiger charge is -2.12. The molecule has 0 saturated heterocycles. The number of imidazole rings is 2. The molecule has 0 saturated carbocycles. The summed E-state index contributed by atoms with van der Waals surface area (Å²) in [4.78, 5) is 45.1. The summed E-state index contributed by atoms with van der Waals surface area (Å²) in [5.74, 6) is 0. The van der Waals surface area contributed by atoms with Gasteiger partial charge in [0.2, 0.25) is 0 Å². The van der Waals surface area contributed by atoms with E-state index in [1.54, 1.807) is 21.8 Å². The lowest BCUT2D eigenvalue weighted by atomic mass is 10.2. The van der Waals surface area contributed by atoms with Crippen LogP contribution in [-0.4, -0.2) is 50.7 Å². The van der Waals surface area contributed by atoms with E-state index >= 15 is 0 Å². The molecule has 41 heavy (non-hydrogen) atoms. The van der Waals surface area contributed by atoms with Crippen LogP contribution in [0.1, 0.15) is 17.5 Å². The molecule has 0 fully saturated rings. The van der Waals surface area contributed by atoms with Crippen molar-refractivity contribution in [3.8, 4) is 0 Å². The summed E-state index contributed by atoms with van der Waals surface area (Å²) >= 11 is 2.88. The molecule has 0 radical (unpaired) electrons. The van der Waals surface area contributed by atoms with Gasteiger partial charge in [-0.2, -0.15) is 0 Å². The second-order valence-corrected chi connectivity index (χ2v) is 11.1. The minimum absolute atomic E-state index is 0.150. The Hall–Kier alpha value is -4.16. The van der Waals surface area contributed by atoms with Crippen molar-refractivity contribution in [3.63, 3.8) is 0 Å². The third kappa shape index (κ3) is 5.32. The van der Waals surface area contributed by atoms with E-state index in [-0.39, 0.29) is 11.1 Å². The Labute approximate surface area is 244 Å². The Bertz CT molecular complexity index is 1800. The Morgan fingerprint density at radius 3 is 1.44 bits per heavy atom. The molecule has 0 aliphatic heterocycles. The number of fused-ring (bicyclic) bond motifs is 2. The van der Waals surface area contributed by atoms with Crippen molar-refractivity contribution in [2.45, 2.75) is 42.9 Å². The Morgan fingerprint density at radius 1 is 0.634 bits per heavy atom. The van der Waals surface area contributed by atoms with Crippen LogP contribution in [0.5, 0.6) is 0 Å². The molecule has 208 valence electrons. The van der Waals surface area contributed by atoms with Gasteiger partial charge in [-0.25, -0.2) is 19.9 Å². The Kier molecular flexibility index (Phi) is 7.75. The van der Waals surface area contributed by atoms with Crippen LogP contribution in [0.4, 0.5) is 0 Å². The van der Waals surface area contributed by atoms with Crippen LogP contribution in [0.15, 0.2) is 93.2 Å². The molecule has 6 aromatic rings. The fourth-order valence-electron chi connectivity index (χ4n) is 4.88. The SMILES string of the molecule is CSc1nc2c(ncn2CCCn2cnc3c(=O)n(Cc4ccccc4)c(SC)nc32)c(=O)n1Cc1ccccc1. The normalized spacial score (nSPS) is 11.6. The maximum atomic E-state index is 13.3. The third-order valence-corrected chi connectivity index (χ3v) is 8.26. The predicted octanol–water partition coefficient (Wildman–Crippen LogP) is 4.13. The number of aromatic nitrogens is 8. The molecule has 0 spiro atoms. The van der Waals surface area contributed by atoms with Gasteiger partial charge in [-0.1, -0.05) is 84.2 Å². The zero-order chi connectivity index (χ0) is 28.3. The quantitative estimate of drug-likeness (QED) is 0.175. The van der Waals surface area contributed by atoms with Crippen LogP contribution >= 0.6 is 23.5 Å². The van der Waals surface area contributed by atoms with Crippen molar-refractivity contribution in [3.05, 3.63) is 105 Å². The van der Waals surface area contributed by atoms with Crippen molar-refractivity contribution < 1.29 is 0 Å². The van der Waals surface area contributed by atoms with Crippen LogP contribution in [0.2, 0.25) is 0 Å². The van der Waals surface area contributed by atoms with E-state index in [1.807, 2.05) is 82.3 Å². The van der Waals surface area contributed by atoms with E-state index in [0.717, 1.165) is 11.1 Å². The van der Waals surface area contributed by atoms with Crippen LogP contribution < -0.4 is 11.1 Å². The highest BCUT2D eigenvalue weighted by Crippen LogP contribution is 2.19. The number of thioether (sulfide) groups is 2. The summed E-state index contributed by atoms with van der Waals surface area (Å²) in [5, 5.41) is 1.29. The average Bonchev–Trinajstić information content (AvgIpc) is 3.61. The molecule has 0 atom stereocenters. The smallest absolute Gasteiger partial charge is 0.282 e. The minimum Gasteiger partial charge on any atom is -0.315 e. The van der Waals surface area contributed by atoms with Crippen LogP contribution in [-0.2, 0) is 26.2 Å². The first-order valence-corrected chi connectivity index (χ1v) is 15.6. The van der Waals surface area contributed by atoms with Crippen molar-refractivity contribution in [1.29, 1.82) is 0 Å². The third-order valence-electron chi connectivity index (χ3n) is 6.91. The molecule has 0 amide bonds. The lowest BCUT2D eigenvalue weighted by Crippen LogP contribution is -2.24. The molecule has 0 unspecified atom stereocenters. The van der Waals surface area contributed by atoms with Crippen LogP contribution in [0, 0.1) is 0 Å². The number of aryl methyl sites for hydroxylation is 2. The highest BCUT2D eigenvalue weighted by Gasteiger charge is 2.17. The zero-order valence-electron chi connectivity index (χ0n) is 22.7. The van der Waals surface area contributed by atoms with E-state index in [1.165, 1.54) is 23.5 Å². The molecule has 0 aliphatic rings.